The van der Waals surface area contributed by atoms with E-state index in [4.69, 9.17) is 10.6 Å². The van der Waals surface area contributed by atoms with Crippen LogP contribution in [-0.2, 0) is 17.6 Å². The Kier molecular flexibility index (Phi) is 7.65. The third-order valence-corrected chi connectivity index (χ3v) is 3.19. The molecule has 0 bridgehead atoms. The molecular weight excluding hydrogens is 224 g/mol. The molecule has 3 N–H and O–H groups in total. The second-order valence-electron chi connectivity index (χ2n) is 4.58. The molecular formula is C15H26N2O. The Hall–Kier alpha value is -0.900. The summed E-state index contributed by atoms with van der Waals surface area (Å²) in [5, 5.41) is 0. The lowest BCUT2D eigenvalue weighted by atomic mass is 10.0. The fourth-order valence-electron chi connectivity index (χ4n) is 2.02. The molecule has 0 saturated heterocycles. The van der Waals surface area contributed by atoms with E-state index in [0.717, 1.165) is 38.9 Å². The zero-order chi connectivity index (χ0) is 13.2. The molecule has 3 nitrogen and oxygen atoms in total. The maximum Gasteiger partial charge on any atom is 0.0466 e. The summed E-state index contributed by atoms with van der Waals surface area (Å²) in [7, 11) is 0. The van der Waals surface area contributed by atoms with Crippen LogP contribution in [0.2, 0.25) is 0 Å². The molecule has 3 heteroatoms. The molecule has 1 aromatic carbocycles. The first kappa shape index (κ1) is 15.2. The molecule has 1 aromatic rings. The van der Waals surface area contributed by atoms with Gasteiger partial charge in [0.25, 0.3) is 0 Å². The van der Waals surface area contributed by atoms with Gasteiger partial charge in [0.1, 0.15) is 0 Å². The lowest BCUT2D eigenvalue weighted by Gasteiger charge is -2.16. The number of rotatable bonds is 9. The van der Waals surface area contributed by atoms with Crippen LogP contribution in [0.1, 0.15) is 37.8 Å². The van der Waals surface area contributed by atoms with Crippen LogP contribution in [-0.4, -0.2) is 19.3 Å². The van der Waals surface area contributed by atoms with Gasteiger partial charge >= 0.3 is 0 Å². The lowest BCUT2D eigenvalue weighted by Crippen LogP contribution is -2.36. The zero-order valence-corrected chi connectivity index (χ0v) is 11.6. The van der Waals surface area contributed by atoms with Crippen molar-refractivity contribution in [2.75, 3.05) is 13.2 Å². The summed E-state index contributed by atoms with van der Waals surface area (Å²) in [6, 6.07) is 9.13. The molecule has 0 fully saturated rings. The van der Waals surface area contributed by atoms with Crippen molar-refractivity contribution in [3.63, 3.8) is 0 Å². The van der Waals surface area contributed by atoms with E-state index in [-0.39, 0.29) is 0 Å². The smallest absolute Gasteiger partial charge is 0.0466 e. The molecule has 1 rings (SSSR count). The van der Waals surface area contributed by atoms with Gasteiger partial charge in [-0.15, -0.1) is 0 Å². The normalized spacial score (nSPS) is 12.6. The van der Waals surface area contributed by atoms with E-state index in [2.05, 4.69) is 36.6 Å². The van der Waals surface area contributed by atoms with Gasteiger partial charge in [-0.25, -0.2) is 0 Å². The van der Waals surface area contributed by atoms with Crippen molar-refractivity contribution in [1.29, 1.82) is 0 Å². The second kappa shape index (κ2) is 9.09. The quantitative estimate of drug-likeness (QED) is 0.402. The lowest BCUT2D eigenvalue weighted by molar-refractivity contribution is 0.140. The highest BCUT2D eigenvalue weighted by Gasteiger charge is 2.07. The van der Waals surface area contributed by atoms with E-state index in [9.17, 15) is 0 Å². The average Bonchev–Trinajstić information content (AvgIpc) is 2.43. The zero-order valence-electron chi connectivity index (χ0n) is 11.6. The van der Waals surface area contributed by atoms with Crippen LogP contribution >= 0.6 is 0 Å². The molecule has 0 amide bonds. The number of benzene rings is 1. The Morgan fingerprint density at radius 2 is 1.83 bits per heavy atom. The summed E-state index contributed by atoms with van der Waals surface area (Å²) < 4.78 is 5.34. The number of nitrogens with two attached hydrogens (primary N) is 1. The summed E-state index contributed by atoms with van der Waals surface area (Å²) in [6.07, 6.45) is 4.17. The standard InChI is InChI=1S/C15H26N2O/c1-3-13-7-9-14(10-8-13)12-15(17-16)6-5-11-18-4-2/h7-10,15,17H,3-6,11-12,16H2,1-2H3. The highest BCUT2D eigenvalue weighted by atomic mass is 16.5. The Bertz CT molecular complexity index is 311. The van der Waals surface area contributed by atoms with E-state index >= 15 is 0 Å². The van der Waals surface area contributed by atoms with E-state index in [0.29, 0.717) is 6.04 Å². The minimum absolute atomic E-state index is 0.331. The van der Waals surface area contributed by atoms with Gasteiger partial charge in [0.05, 0.1) is 0 Å². The molecule has 0 spiro atoms. The van der Waals surface area contributed by atoms with Crippen LogP contribution in [0.3, 0.4) is 0 Å². The van der Waals surface area contributed by atoms with Gasteiger partial charge in [-0.2, -0.15) is 0 Å². The predicted molar refractivity (Wildman–Crippen MR) is 76.4 cm³/mol. The van der Waals surface area contributed by atoms with Gasteiger partial charge in [-0.05, 0) is 43.7 Å². The molecule has 1 unspecified atom stereocenters. The van der Waals surface area contributed by atoms with Gasteiger partial charge in [0.15, 0.2) is 0 Å². The van der Waals surface area contributed by atoms with Crippen molar-refractivity contribution in [1.82, 2.24) is 5.43 Å². The number of hydrogen-bond donors (Lipinski definition) is 2. The van der Waals surface area contributed by atoms with Crippen LogP contribution in [0.4, 0.5) is 0 Å². The Morgan fingerprint density at radius 3 is 2.39 bits per heavy atom. The number of aryl methyl sites for hydroxylation is 1. The second-order valence-corrected chi connectivity index (χ2v) is 4.58. The predicted octanol–water partition coefficient (Wildman–Crippen LogP) is 2.44. The van der Waals surface area contributed by atoms with E-state index in [1.165, 1.54) is 11.1 Å². The largest absolute Gasteiger partial charge is 0.382 e. The maximum atomic E-state index is 5.60. The van der Waals surface area contributed by atoms with Gasteiger partial charge < -0.3 is 4.74 Å². The van der Waals surface area contributed by atoms with Crippen LogP contribution < -0.4 is 11.3 Å². The number of hydrogen-bond acceptors (Lipinski definition) is 3. The van der Waals surface area contributed by atoms with Crippen molar-refractivity contribution in [3.8, 4) is 0 Å². The molecule has 0 saturated carbocycles. The highest BCUT2D eigenvalue weighted by Crippen LogP contribution is 2.10. The molecule has 18 heavy (non-hydrogen) atoms. The fraction of sp³-hybridized carbons (Fsp3) is 0.600. The number of ether oxygens (including phenoxy) is 1. The molecule has 102 valence electrons. The Balaban J connectivity index is 2.36. The third-order valence-electron chi connectivity index (χ3n) is 3.19. The summed E-state index contributed by atoms with van der Waals surface area (Å²) in [5.74, 6) is 5.60. The third kappa shape index (κ3) is 5.63. The van der Waals surface area contributed by atoms with Crippen molar-refractivity contribution >= 4 is 0 Å². The van der Waals surface area contributed by atoms with Crippen molar-refractivity contribution in [2.24, 2.45) is 5.84 Å². The van der Waals surface area contributed by atoms with Gasteiger partial charge in [-0.3, -0.25) is 11.3 Å². The van der Waals surface area contributed by atoms with Crippen LogP contribution in [0.5, 0.6) is 0 Å². The van der Waals surface area contributed by atoms with Crippen molar-refractivity contribution < 1.29 is 4.74 Å². The Labute approximate surface area is 111 Å². The molecule has 0 heterocycles. The molecule has 0 aromatic heterocycles. The summed E-state index contributed by atoms with van der Waals surface area (Å²) in [4.78, 5) is 0. The van der Waals surface area contributed by atoms with Gasteiger partial charge in [0.2, 0.25) is 0 Å². The highest BCUT2D eigenvalue weighted by molar-refractivity contribution is 5.23. The molecule has 1 atom stereocenters. The maximum absolute atomic E-state index is 5.60. The van der Waals surface area contributed by atoms with E-state index in [1.807, 2.05) is 6.92 Å². The van der Waals surface area contributed by atoms with Crippen LogP contribution in [0.15, 0.2) is 24.3 Å². The number of nitrogens with one attached hydrogen (secondary N) is 1. The summed E-state index contributed by atoms with van der Waals surface area (Å²) in [6.45, 7) is 5.81. The monoisotopic (exact) mass is 250 g/mol. The van der Waals surface area contributed by atoms with Gasteiger partial charge in [-0.1, -0.05) is 31.2 Å². The topological polar surface area (TPSA) is 47.3 Å². The Morgan fingerprint density at radius 1 is 1.17 bits per heavy atom. The first-order valence-corrected chi connectivity index (χ1v) is 6.91. The first-order valence-electron chi connectivity index (χ1n) is 6.91. The van der Waals surface area contributed by atoms with E-state index < -0.39 is 0 Å². The van der Waals surface area contributed by atoms with E-state index in [1.54, 1.807) is 0 Å². The van der Waals surface area contributed by atoms with Crippen molar-refractivity contribution in [2.45, 2.75) is 45.6 Å². The average molecular weight is 250 g/mol. The SMILES string of the molecule is CCOCCCC(Cc1ccc(CC)cc1)NN. The van der Waals surface area contributed by atoms with Crippen LogP contribution in [0.25, 0.3) is 0 Å². The minimum atomic E-state index is 0.331. The number of hydrazine groups is 1. The van der Waals surface area contributed by atoms with Gasteiger partial charge in [0, 0.05) is 19.3 Å². The van der Waals surface area contributed by atoms with Crippen LogP contribution in [0, 0.1) is 0 Å². The minimum Gasteiger partial charge on any atom is -0.382 e. The molecule has 0 aliphatic heterocycles. The molecule has 0 radical (unpaired) electrons. The summed E-state index contributed by atoms with van der Waals surface area (Å²) >= 11 is 0. The first-order chi connectivity index (χ1) is 8.80. The molecule has 0 aliphatic carbocycles. The van der Waals surface area contributed by atoms with Crippen molar-refractivity contribution in [3.05, 3.63) is 35.4 Å². The fourth-order valence-corrected chi connectivity index (χ4v) is 2.02. The molecule has 0 aliphatic rings. The summed E-state index contributed by atoms with van der Waals surface area (Å²) in [5.41, 5.74) is 5.62.